The lowest BCUT2D eigenvalue weighted by Gasteiger charge is -2.10. The van der Waals surface area contributed by atoms with Gasteiger partial charge in [-0.05, 0) is 46.6 Å². The number of carbonyl (C=O) groups excluding carboxylic acids is 1. The molecule has 0 saturated carbocycles. The molecule has 23 heavy (non-hydrogen) atoms. The molecule has 1 N–H and O–H groups in total. The fourth-order valence-electron chi connectivity index (χ4n) is 2.23. The molecular formula is C19H22BrNO2. The van der Waals surface area contributed by atoms with Crippen LogP contribution in [-0.4, -0.2) is 12.5 Å². The van der Waals surface area contributed by atoms with Gasteiger partial charge in [-0.15, -0.1) is 0 Å². The first kappa shape index (κ1) is 17.5. The SMILES string of the molecule is CCCCCCOc1cccc(NC(=O)c2ccccc2Br)c1. The second-order valence-electron chi connectivity index (χ2n) is 5.37. The number of hydrogen-bond acceptors (Lipinski definition) is 2. The average Bonchev–Trinajstić information content (AvgIpc) is 2.55. The Bertz CT molecular complexity index is 643. The first-order chi connectivity index (χ1) is 11.2. The molecule has 0 heterocycles. The number of halogens is 1. The van der Waals surface area contributed by atoms with Gasteiger partial charge in [-0.2, -0.15) is 0 Å². The second-order valence-corrected chi connectivity index (χ2v) is 6.23. The fourth-order valence-corrected chi connectivity index (χ4v) is 2.69. The molecule has 0 radical (unpaired) electrons. The van der Waals surface area contributed by atoms with Gasteiger partial charge in [0.15, 0.2) is 0 Å². The maximum absolute atomic E-state index is 12.3. The van der Waals surface area contributed by atoms with E-state index in [-0.39, 0.29) is 5.91 Å². The van der Waals surface area contributed by atoms with Crippen LogP contribution in [0.3, 0.4) is 0 Å². The molecule has 0 unspecified atom stereocenters. The summed E-state index contributed by atoms with van der Waals surface area (Å²) in [5.41, 5.74) is 1.34. The third-order valence-corrected chi connectivity index (χ3v) is 4.17. The number of carbonyl (C=O) groups is 1. The molecule has 0 atom stereocenters. The van der Waals surface area contributed by atoms with Crippen LogP contribution in [0.5, 0.6) is 5.75 Å². The molecule has 2 aromatic carbocycles. The minimum Gasteiger partial charge on any atom is -0.494 e. The first-order valence-corrected chi connectivity index (χ1v) is 8.78. The second kappa shape index (κ2) is 9.36. The number of unbranched alkanes of at least 4 members (excludes halogenated alkanes) is 3. The highest BCUT2D eigenvalue weighted by molar-refractivity contribution is 9.10. The molecule has 0 fully saturated rings. The number of anilines is 1. The molecule has 1 amide bonds. The first-order valence-electron chi connectivity index (χ1n) is 7.99. The molecule has 4 heteroatoms. The van der Waals surface area contributed by atoms with E-state index in [1.807, 2.05) is 42.5 Å². The molecule has 0 saturated heterocycles. The normalized spacial score (nSPS) is 10.3. The Morgan fingerprint density at radius 3 is 2.70 bits per heavy atom. The zero-order valence-electron chi connectivity index (χ0n) is 13.3. The largest absolute Gasteiger partial charge is 0.494 e. The smallest absolute Gasteiger partial charge is 0.256 e. The number of hydrogen-bond donors (Lipinski definition) is 1. The molecule has 0 bridgehead atoms. The van der Waals surface area contributed by atoms with Gasteiger partial charge in [-0.3, -0.25) is 4.79 Å². The van der Waals surface area contributed by atoms with E-state index in [4.69, 9.17) is 4.74 Å². The lowest BCUT2D eigenvalue weighted by Crippen LogP contribution is -2.12. The molecule has 122 valence electrons. The molecule has 0 aliphatic heterocycles. The van der Waals surface area contributed by atoms with Crippen molar-refractivity contribution in [1.29, 1.82) is 0 Å². The molecule has 0 aliphatic rings. The summed E-state index contributed by atoms with van der Waals surface area (Å²) in [6.07, 6.45) is 4.71. The quantitative estimate of drug-likeness (QED) is 0.604. The molecule has 2 rings (SSSR count). The van der Waals surface area contributed by atoms with E-state index in [0.29, 0.717) is 12.2 Å². The van der Waals surface area contributed by atoms with Crippen molar-refractivity contribution in [2.24, 2.45) is 0 Å². The summed E-state index contributed by atoms with van der Waals surface area (Å²) in [6.45, 7) is 2.90. The van der Waals surface area contributed by atoms with E-state index < -0.39 is 0 Å². The zero-order valence-corrected chi connectivity index (χ0v) is 14.9. The summed E-state index contributed by atoms with van der Waals surface area (Å²) in [5.74, 6) is 0.643. The molecule has 0 spiro atoms. The van der Waals surface area contributed by atoms with Crippen molar-refractivity contribution in [2.75, 3.05) is 11.9 Å². The van der Waals surface area contributed by atoms with Gasteiger partial charge in [0.1, 0.15) is 5.75 Å². The van der Waals surface area contributed by atoms with E-state index in [1.165, 1.54) is 19.3 Å². The van der Waals surface area contributed by atoms with Gasteiger partial charge < -0.3 is 10.1 Å². The highest BCUT2D eigenvalue weighted by Crippen LogP contribution is 2.21. The Hall–Kier alpha value is -1.81. The Morgan fingerprint density at radius 1 is 1.09 bits per heavy atom. The van der Waals surface area contributed by atoms with E-state index in [0.717, 1.165) is 22.3 Å². The van der Waals surface area contributed by atoms with Gasteiger partial charge >= 0.3 is 0 Å². The van der Waals surface area contributed by atoms with Crippen LogP contribution in [0.25, 0.3) is 0 Å². The maximum Gasteiger partial charge on any atom is 0.256 e. The Morgan fingerprint density at radius 2 is 1.91 bits per heavy atom. The van der Waals surface area contributed by atoms with Gasteiger partial charge in [0.25, 0.3) is 5.91 Å². The van der Waals surface area contributed by atoms with Crippen molar-refractivity contribution in [3.8, 4) is 5.75 Å². The van der Waals surface area contributed by atoms with Crippen LogP contribution in [0.2, 0.25) is 0 Å². The molecule has 2 aromatic rings. The minimum absolute atomic E-state index is 0.141. The molecular weight excluding hydrogens is 354 g/mol. The lowest BCUT2D eigenvalue weighted by molar-refractivity contribution is 0.102. The van der Waals surface area contributed by atoms with Crippen LogP contribution in [0.15, 0.2) is 53.0 Å². The predicted octanol–water partition coefficient (Wildman–Crippen LogP) is 5.66. The number of rotatable bonds is 8. The summed E-state index contributed by atoms with van der Waals surface area (Å²) in [4.78, 5) is 12.3. The number of ether oxygens (including phenoxy) is 1. The van der Waals surface area contributed by atoms with Crippen molar-refractivity contribution in [3.63, 3.8) is 0 Å². The Balaban J connectivity index is 1.92. The summed E-state index contributed by atoms with van der Waals surface area (Å²) in [7, 11) is 0. The number of nitrogens with one attached hydrogen (secondary N) is 1. The van der Waals surface area contributed by atoms with Crippen LogP contribution in [0, 0.1) is 0 Å². The minimum atomic E-state index is -0.141. The Kier molecular flexibility index (Phi) is 7.14. The van der Waals surface area contributed by atoms with Crippen molar-refractivity contribution >= 4 is 27.5 Å². The van der Waals surface area contributed by atoms with Crippen molar-refractivity contribution < 1.29 is 9.53 Å². The Labute approximate surface area is 146 Å². The average molecular weight is 376 g/mol. The van der Waals surface area contributed by atoms with Crippen LogP contribution in [0.4, 0.5) is 5.69 Å². The lowest BCUT2D eigenvalue weighted by atomic mass is 10.2. The van der Waals surface area contributed by atoms with Crippen molar-refractivity contribution in [2.45, 2.75) is 32.6 Å². The summed E-state index contributed by atoms with van der Waals surface area (Å²) in [5, 5.41) is 2.90. The fraction of sp³-hybridized carbons (Fsp3) is 0.316. The summed E-state index contributed by atoms with van der Waals surface area (Å²) < 4.78 is 6.52. The number of benzene rings is 2. The highest BCUT2D eigenvalue weighted by atomic mass is 79.9. The van der Waals surface area contributed by atoms with Gasteiger partial charge in [0.05, 0.1) is 12.2 Å². The number of amides is 1. The van der Waals surface area contributed by atoms with E-state index in [2.05, 4.69) is 28.2 Å². The van der Waals surface area contributed by atoms with Gasteiger partial charge in [-0.1, -0.05) is 44.4 Å². The van der Waals surface area contributed by atoms with Crippen molar-refractivity contribution in [1.82, 2.24) is 0 Å². The van der Waals surface area contributed by atoms with E-state index in [1.54, 1.807) is 6.07 Å². The van der Waals surface area contributed by atoms with E-state index in [9.17, 15) is 4.79 Å². The summed E-state index contributed by atoms with van der Waals surface area (Å²) >= 11 is 3.39. The molecule has 3 nitrogen and oxygen atoms in total. The standard InChI is InChI=1S/C19H22BrNO2/c1-2-3-4-7-13-23-16-10-8-9-15(14-16)21-19(22)17-11-5-6-12-18(17)20/h5-6,8-12,14H,2-4,7,13H2,1H3,(H,21,22). The van der Waals surface area contributed by atoms with Gasteiger partial charge in [-0.25, -0.2) is 0 Å². The van der Waals surface area contributed by atoms with Crippen LogP contribution in [-0.2, 0) is 0 Å². The predicted molar refractivity (Wildman–Crippen MR) is 98.2 cm³/mol. The van der Waals surface area contributed by atoms with Crippen LogP contribution in [0.1, 0.15) is 43.0 Å². The third kappa shape index (κ3) is 5.71. The van der Waals surface area contributed by atoms with Gasteiger partial charge in [0, 0.05) is 16.2 Å². The van der Waals surface area contributed by atoms with E-state index >= 15 is 0 Å². The molecule has 0 aromatic heterocycles. The zero-order chi connectivity index (χ0) is 16.5. The topological polar surface area (TPSA) is 38.3 Å². The maximum atomic E-state index is 12.3. The van der Waals surface area contributed by atoms with Crippen molar-refractivity contribution in [3.05, 3.63) is 58.6 Å². The monoisotopic (exact) mass is 375 g/mol. The van der Waals surface area contributed by atoms with Crippen LogP contribution >= 0.6 is 15.9 Å². The summed E-state index contributed by atoms with van der Waals surface area (Å²) in [6, 6.07) is 14.9. The van der Waals surface area contributed by atoms with Crippen LogP contribution < -0.4 is 10.1 Å². The third-order valence-electron chi connectivity index (χ3n) is 3.48. The highest BCUT2D eigenvalue weighted by Gasteiger charge is 2.09. The molecule has 0 aliphatic carbocycles. The van der Waals surface area contributed by atoms with Gasteiger partial charge in [0.2, 0.25) is 0 Å².